The molecule has 1 aliphatic carbocycles. The summed E-state index contributed by atoms with van der Waals surface area (Å²) in [7, 11) is 0. The Labute approximate surface area is 135 Å². The van der Waals surface area contributed by atoms with E-state index in [9.17, 15) is 24.9 Å². The Morgan fingerprint density at radius 1 is 1.00 bits per heavy atom. The molecule has 1 saturated carbocycles. The Kier molecular flexibility index (Phi) is 5.86. The van der Waals surface area contributed by atoms with Crippen molar-refractivity contribution in [3.05, 3.63) is 0 Å². The molecule has 7 heteroatoms. The molecule has 7 nitrogen and oxygen atoms in total. The van der Waals surface area contributed by atoms with Gasteiger partial charge in [0.1, 0.15) is 5.78 Å². The molecule has 0 amide bonds. The van der Waals surface area contributed by atoms with E-state index in [1.54, 1.807) is 13.8 Å². The minimum Gasteiger partial charge on any atom is -0.465 e. The molecule has 0 radical (unpaired) electrons. The molecule has 0 bridgehead atoms. The number of rotatable bonds is 6. The van der Waals surface area contributed by atoms with Crippen LogP contribution in [0.4, 0.5) is 0 Å². The molecule has 0 saturated heterocycles. The van der Waals surface area contributed by atoms with E-state index in [4.69, 9.17) is 9.47 Å². The van der Waals surface area contributed by atoms with Crippen LogP contribution in [0.25, 0.3) is 0 Å². The van der Waals surface area contributed by atoms with Gasteiger partial charge in [-0.05, 0) is 33.6 Å². The molecule has 124 valence electrons. The molecular formula is C16H20N2O5. The van der Waals surface area contributed by atoms with E-state index in [0.29, 0.717) is 0 Å². The van der Waals surface area contributed by atoms with Crippen molar-refractivity contribution < 1.29 is 23.9 Å². The Morgan fingerprint density at radius 3 is 1.65 bits per heavy atom. The second kappa shape index (κ2) is 7.23. The maximum absolute atomic E-state index is 12.4. The summed E-state index contributed by atoms with van der Waals surface area (Å²) in [6, 6.07) is 3.84. The molecule has 0 heterocycles. The number of ketones is 1. The van der Waals surface area contributed by atoms with Gasteiger partial charge in [-0.1, -0.05) is 0 Å². The highest BCUT2D eigenvalue weighted by atomic mass is 16.5. The average molecular weight is 320 g/mol. The van der Waals surface area contributed by atoms with E-state index >= 15 is 0 Å². The van der Waals surface area contributed by atoms with Gasteiger partial charge in [-0.25, -0.2) is 0 Å². The van der Waals surface area contributed by atoms with Crippen LogP contribution >= 0.6 is 0 Å². The van der Waals surface area contributed by atoms with Crippen LogP contribution < -0.4 is 0 Å². The molecule has 0 aromatic rings. The highest BCUT2D eigenvalue weighted by molar-refractivity contribution is 5.89. The molecule has 0 aromatic heterocycles. The standard InChI is InChI=1S/C16H20N2O5/c1-4-22-13(20)15(9-17)6-7-16(10-18,14(21)23-5-2)12(15)8-11(3)19/h12H,4-8H2,1-3H3/t12?,15-,16+. The summed E-state index contributed by atoms with van der Waals surface area (Å²) in [5.41, 5.74) is -3.38. The minimum atomic E-state index is -1.69. The quantitative estimate of drug-likeness (QED) is 0.681. The molecular weight excluding hydrogens is 300 g/mol. The van der Waals surface area contributed by atoms with E-state index in [-0.39, 0.29) is 38.3 Å². The number of nitriles is 2. The highest BCUT2D eigenvalue weighted by Crippen LogP contribution is 2.56. The minimum absolute atomic E-state index is 0.0212. The van der Waals surface area contributed by atoms with Crippen LogP contribution in [0.15, 0.2) is 0 Å². The second-order valence-electron chi connectivity index (χ2n) is 5.57. The Balaban J connectivity index is 3.44. The zero-order valence-corrected chi connectivity index (χ0v) is 13.5. The maximum Gasteiger partial charge on any atom is 0.326 e. The number of hydrogen-bond acceptors (Lipinski definition) is 7. The molecule has 1 unspecified atom stereocenters. The van der Waals surface area contributed by atoms with Crippen LogP contribution in [0.1, 0.15) is 40.0 Å². The molecule has 0 aromatic carbocycles. The predicted octanol–water partition coefficient (Wildman–Crippen LogP) is 1.52. The van der Waals surface area contributed by atoms with Gasteiger partial charge in [0.05, 0.1) is 25.4 Å². The smallest absolute Gasteiger partial charge is 0.326 e. The van der Waals surface area contributed by atoms with Crippen LogP contribution in [0.5, 0.6) is 0 Å². The van der Waals surface area contributed by atoms with Crippen LogP contribution in [0.3, 0.4) is 0 Å². The third kappa shape index (κ3) is 3.05. The molecule has 0 N–H and O–H groups in total. The number of carbonyl (C=O) groups is 3. The number of ether oxygens (including phenoxy) is 2. The summed E-state index contributed by atoms with van der Waals surface area (Å²) in [4.78, 5) is 36.4. The van der Waals surface area contributed by atoms with Crippen LogP contribution in [0.2, 0.25) is 0 Å². The van der Waals surface area contributed by atoms with Gasteiger partial charge in [0.2, 0.25) is 0 Å². The summed E-state index contributed by atoms with van der Waals surface area (Å²) in [5.74, 6) is -2.99. The Morgan fingerprint density at radius 2 is 1.39 bits per heavy atom. The molecule has 0 spiro atoms. The van der Waals surface area contributed by atoms with Gasteiger partial charge < -0.3 is 14.3 Å². The van der Waals surface area contributed by atoms with Crippen molar-refractivity contribution >= 4 is 17.7 Å². The lowest BCUT2D eigenvalue weighted by Gasteiger charge is -2.32. The average Bonchev–Trinajstić information content (AvgIpc) is 2.83. The molecule has 1 aliphatic rings. The monoisotopic (exact) mass is 320 g/mol. The van der Waals surface area contributed by atoms with Crippen molar-refractivity contribution in [2.75, 3.05) is 13.2 Å². The van der Waals surface area contributed by atoms with Crippen molar-refractivity contribution in [1.29, 1.82) is 10.5 Å². The molecule has 1 fully saturated rings. The third-order valence-corrected chi connectivity index (χ3v) is 4.27. The SMILES string of the molecule is CCOC(=O)[C@]1(C#N)CC[C@](C#N)(C(=O)OCC)C1CC(C)=O. The summed E-state index contributed by atoms with van der Waals surface area (Å²) >= 11 is 0. The normalized spacial score (nSPS) is 29.2. The first-order valence-electron chi connectivity index (χ1n) is 7.51. The summed E-state index contributed by atoms with van der Waals surface area (Å²) in [6.07, 6.45) is -0.280. The second-order valence-corrected chi connectivity index (χ2v) is 5.57. The number of nitrogens with zero attached hydrogens (tertiary/aromatic N) is 2. The van der Waals surface area contributed by atoms with E-state index in [2.05, 4.69) is 0 Å². The fourth-order valence-electron chi connectivity index (χ4n) is 3.17. The lowest BCUT2D eigenvalue weighted by molar-refractivity contribution is -0.160. The molecule has 3 atom stereocenters. The summed E-state index contributed by atoms with van der Waals surface area (Å²) in [5, 5.41) is 19.2. The third-order valence-electron chi connectivity index (χ3n) is 4.27. The van der Waals surface area contributed by atoms with Crippen LogP contribution in [-0.4, -0.2) is 30.9 Å². The van der Waals surface area contributed by atoms with E-state index in [1.807, 2.05) is 12.1 Å². The lowest BCUT2D eigenvalue weighted by atomic mass is 9.67. The van der Waals surface area contributed by atoms with Crippen LogP contribution in [-0.2, 0) is 23.9 Å². The first-order valence-corrected chi connectivity index (χ1v) is 7.51. The van der Waals surface area contributed by atoms with Crippen LogP contribution in [0, 0.1) is 39.4 Å². The van der Waals surface area contributed by atoms with E-state index in [0.717, 1.165) is 0 Å². The zero-order valence-electron chi connectivity index (χ0n) is 13.5. The van der Waals surface area contributed by atoms with Crippen molar-refractivity contribution in [2.24, 2.45) is 16.7 Å². The van der Waals surface area contributed by atoms with Gasteiger partial charge in [-0.3, -0.25) is 9.59 Å². The lowest BCUT2D eigenvalue weighted by Crippen LogP contribution is -2.45. The van der Waals surface area contributed by atoms with E-state index in [1.165, 1.54) is 6.92 Å². The first-order chi connectivity index (χ1) is 10.8. The van der Waals surface area contributed by atoms with Gasteiger partial charge in [-0.2, -0.15) is 10.5 Å². The number of esters is 2. The number of carbonyl (C=O) groups excluding carboxylic acids is 3. The number of hydrogen-bond donors (Lipinski definition) is 0. The molecule has 23 heavy (non-hydrogen) atoms. The fraction of sp³-hybridized carbons (Fsp3) is 0.688. The van der Waals surface area contributed by atoms with Gasteiger partial charge in [0.25, 0.3) is 0 Å². The highest BCUT2D eigenvalue weighted by Gasteiger charge is 2.66. The fourth-order valence-corrected chi connectivity index (χ4v) is 3.17. The van der Waals surface area contributed by atoms with Crippen molar-refractivity contribution in [1.82, 2.24) is 0 Å². The Hall–Kier alpha value is -2.41. The zero-order chi connectivity index (χ0) is 17.7. The molecule has 1 rings (SSSR count). The van der Waals surface area contributed by atoms with Crippen molar-refractivity contribution in [2.45, 2.75) is 40.0 Å². The molecule has 0 aliphatic heterocycles. The maximum atomic E-state index is 12.4. The number of Topliss-reactive ketones (excluding diaryl/α,β-unsaturated/α-hetero) is 1. The van der Waals surface area contributed by atoms with Gasteiger partial charge >= 0.3 is 11.9 Å². The van der Waals surface area contributed by atoms with E-state index < -0.39 is 28.7 Å². The van der Waals surface area contributed by atoms with Crippen molar-refractivity contribution in [3.8, 4) is 12.1 Å². The topological polar surface area (TPSA) is 117 Å². The van der Waals surface area contributed by atoms with Gasteiger partial charge in [-0.15, -0.1) is 0 Å². The summed E-state index contributed by atoms with van der Waals surface area (Å²) in [6.45, 7) is 4.61. The summed E-state index contributed by atoms with van der Waals surface area (Å²) < 4.78 is 9.95. The first kappa shape index (κ1) is 18.6. The predicted molar refractivity (Wildman–Crippen MR) is 77.4 cm³/mol. The largest absolute Gasteiger partial charge is 0.465 e. The van der Waals surface area contributed by atoms with Gasteiger partial charge in [0, 0.05) is 12.3 Å². The Bertz CT molecular complexity index is 544. The van der Waals surface area contributed by atoms with Gasteiger partial charge in [0.15, 0.2) is 10.8 Å². The van der Waals surface area contributed by atoms with Crippen molar-refractivity contribution in [3.63, 3.8) is 0 Å².